The molecule has 0 saturated heterocycles. The molecule has 0 saturated carbocycles. The van der Waals surface area contributed by atoms with Crippen LogP contribution in [-0.2, 0) is 15.8 Å². The summed E-state index contributed by atoms with van der Waals surface area (Å²) in [4.78, 5) is 0. The van der Waals surface area contributed by atoms with E-state index in [-0.39, 0.29) is 5.75 Å². The zero-order chi connectivity index (χ0) is 19.4. The number of hydrogen-bond donors (Lipinski definition) is 1. The van der Waals surface area contributed by atoms with Crippen LogP contribution >= 0.6 is 23.2 Å². The van der Waals surface area contributed by atoms with Crippen LogP contribution in [0.25, 0.3) is 0 Å². The summed E-state index contributed by atoms with van der Waals surface area (Å²) in [5.41, 5.74) is 3.16. The van der Waals surface area contributed by atoms with Crippen LogP contribution in [0.15, 0.2) is 72.8 Å². The van der Waals surface area contributed by atoms with E-state index < -0.39 is 16.1 Å². The molecule has 0 aliphatic carbocycles. The van der Waals surface area contributed by atoms with Gasteiger partial charge in [-0.2, -0.15) is 0 Å². The Hall–Kier alpha value is -1.85. The van der Waals surface area contributed by atoms with Crippen LogP contribution in [0.1, 0.15) is 28.3 Å². The van der Waals surface area contributed by atoms with Crippen molar-refractivity contribution in [3.63, 3.8) is 0 Å². The Morgan fingerprint density at radius 2 is 1.44 bits per heavy atom. The number of halogens is 2. The predicted octanol–water partition coefficient (Wildman–Crippen LogP) is 5.51. The topological polar surface area (TPSA) is 46.2 Å². The summed E-state index contributed by atoms with van der Waals surface area (Å²) in [5, 5.41) is 0.667. The van der Waals surface area contributed by atoms with Crippen molar-refractivity contribution in [1.82, 2.24) is 4.72 Å². The molecule has 6 heteroatoms. The van der Waals surface area contributed by atoms with Gasteiger partial charge in [0.05, 0.1) is 11.8 Å². The molecule has 3 aromatic rings. The van der Waals surface area contributed by atoms with Gasteiger partial charge in [0.1, 0.15) is 0 Å². The fraction of sp³-hybridized carbons (Fsp3) is 0.143. The minimum Gasteiger partial charge on any atom is -0.212 e. The fourth-order valence-corrected chi connectivity index (χ4v) is 5.03. The third kappa shape index (κ3) is 4.90. The van der Waals surface area contributed by atoms with Gasteiger partial charge in [0.15, 0.2) is 0 Å². The molecule has 3 aromatic carbocycles. The van der Waals surface area contributed by atoms with Crippen molar-refractivity contribution in [2.24, 2.45) is 0 Å². The first-order chi connectivity index (χ1) is 12.9. The Bertz CT molecular complexity index is 1020. The van der Waals surface area contributed by atoms with E-state index in [2.05, 4.69) is 4.72 Å². The standard InChI is InChI=1S/C21H19Cl2NO2S/c1-15-8-5-6-11-17(15)21(16-9-3-2-4-10-16)24-27(25,26)14-18-19(22)12-7-13-20(18)23/h2-13,21,24H,14H2,1H3/t21-/m1/s1. The highest BCUT2D eigenvalue weighted by Gasteiger charge is 2.24. The van der Waals surface area contributed by atoms with Crippen LogP contribution in [0.4, 0.5) is 0 Å². The molecule has 0 aromatic heterocycles. The highest BCUT2D eigenvalue weighted by atomic mass is 35.5. The molecular formula is C21H19Cl2NO2S. The summed E-state index contributed by atoms with van der Waals surface area (Å²) in [5.74, 6) is -0.291. The monoisotopic (exact) mass is 419 g/mol. The van der Waals surface area contributed by atoms with E-state index in [0.29, 0.717) is 15.6 Å². The smallest absolute Gasteiger partial charge is 0.212 e. The van der Waals surface area contributed by atoms with Crippen LogP contribution < -0.4 is 4.72 Å². The quantitative estimate of drug-likeness (QED) is 0.572. The molecule has 0 fully saturated rings. The summed E-state index contributed by atoms with van der Waals surface area (Å²) in [6.07, 6.45) is 0. The highest BCUT2D eigenvalue weighted by Crippen LogP contribution is 2.29. The lowest BCUT2D eigenvalue weighted by Gasteiger charge is -2.22. The molecule has 3 rings (SSSR count). The second-order valence-electron chi connectivity index (χ2n) is 6.28. The average molecular weight is 420 g/mol. The third-order valence-electron chi connectivity index (χ3n) is 4.33. The molecule has 1 N–H and O–H groups in total. The molecule has 0 unspecified atom stereocenters. The number of nitrogens with one attached hydrogen (secondary N) is 1. The van der Waals surface area contributed by atoms with Gasteiger partial charge in [0, 0.05) is 15.6 Å². The Balaban J connectivity index is 1.98. The second-order valence-corrected chi connectivity index (χ2v) is 8.85. The molecule has 3 nitrogen and oxygen atoms in total. The number of aryl methyl sites for hydroxylation is 1. The van der Waals surface area contributed by atoms with Gasteiger partial charge in [-0.3, -0.25) is 0 Å². The van der Waals surface area contributed by atoms with E-state index in [0.717, 1.165) is 16.7 Å². The van der Waals surface area contributed by atoms with Crippen molar-refractivity contribution >= 4 is 33.2 Å². The Kier molecular flexibility index (Phi) is 6.22. The molecule has 27 heavy (non-hydrogen) atoms. The van der Waals surface area contributed by atoms with Gasteiger partial charge in [-0.15, -0.1) is 0 Å². The molecule has 1 atom stereocenters. The maximum absolute atomic E-state index is 12.9. The van der Waals surface area contributed by atoms with Crippen molar-refractivity contribution in [3.8, 4) is 0 Å². The largest absolute Gasteiger partial charge is 0.216 e. The highest BCUT2D eigenvalue weighted by molar-refractivity contribution is 7.88. The maximum Gasteiger partial charge on any atom is 0.216 e. The molecule has 0 spiro atoms. The minimum absolute atomic E-state index is 0.291. The third-order valence-corrected chi connectivity index (χ3v) is 6.30. The van der Waals surface area contributed by atoms with Gasteiger partial charge in [0.25, 0.3) is 0 Å². The lowest BCUT2D eigenvalue weighted by Crippen LogP contribution is -2.31. The summed E-state index contributed by atoms with van der Waals surface area (Å²) >= 11 is 12.3. The molecule has 140 valence electrons. The van der Waals surface area contributed by atoms with Crippen molar-refractivity contribution in [3.05, 3.63) is 105 Å². The van der Waals surface area contributed by atoms with Crippen molar-refractivity contribution < 1.29 is 8.42 Å². The van der Waals surface area contributed by atoms with E-state index in [1.54, 1.807) is 18.2 Å². The van der Waals surface area contributed by atoms with Crippen LogP contribution in [0, 0.1) is 6.92 Å². The van der Waals surface area contributed by atoms with Gasteiger partial charge >= 0.3 is 0 Å². The van der Waals surface area contributed by atoms with Crippen LogP contribution in [0.2, 0.25) is 10.0 Å². The van der Waals surface area contributed by atoms with E-state index in [1.807, 2.05) is 61.5 Å². The van der Waals surface area contributed by atoms with Gasteiger partial charge in [-0.25, -0.2) is 13.1 Å². The first kappa shape index (κ1) is 19.9. The van der Waals surface area contributed by atoms with Crippen LogP contribution in [-0.4, -0.2) is 8.42 Å². The van der Waals surface area contributed by atoms with E-state index in [4.69, 9.17) is 23.2 Å². The lowest BCUT2D eigenvalue weighted by molar-refractivity contribution is 0.571. The molecule has 0 bridgehead atoms. The van der Waals surface area contributed by atoms with Crippen LogP contribution in [0.5, 0.6) is 0 Å². The minimum atomic E-state index is -3.71. The first-order valence-electron chi connectivity index (χ1n) is 8.41. The molecule has 0 amide bonds. The zero-order valence-electron chi connectivity index (χ0n) is 14.7. The summed E-state index contributed by atoms with van der Waals surface area (Å²) < 4.78 is 28.7. The molecule has 0 aliphatic heterocycles. The van der Waals surface area contributed by atoms with E-state index in [1.165, 1.54) is 0 Å². The number of benzene rings is 3. The first-order valence-corrected chi connectivity index (χ1v) is 10.8. The summed E-state index contributed by atoms with van der Waals surface area (Å²) in [6, 6.07) is 21.7. The lowest BCUT2D eigenvalue weighted by atomic mass is 9.96. The predicted molar refractivity (Wildman–Crippen MR) is 112 cm³/mol. The van der Waals surface area contributed by atoms with Gasteiger partial charge in [0.2, 0.25) is 10.0 Å². The van der Waals surface area contributed by atoms with E-state index in [9.17, 15) is 8.42 Å². The van der Waals surface area contributed by atoms with Crippen molar-refractivity contribution in [2.75, 3.05) is 0 Å². The number of sulfonamides is 1. The summed E-state index contributed by atoms with van der Waals surface area (Å²) in [6.45, 7) is 1.96. The van der Waals surface area contributed by atoms with Gasteiger partial charge < -0.3 is 0 Å². The maximum atomic E-state index is 12.9. The normalized spacial score (nSPS) is 12.7. The number of rotatable bonds is 6. The Labute approximate surface area is 170 Å². The second kappa shape index (κ2) is 8.44. The van der Waals surface area contributed by atoms with Crippen molar-refractivity contribution in [1.29, 1.82) is 0 Å². The number of hydrogen-bond acceptors (Lipinski definition) is 2. The Morgan fingerprint density at radius 1 is 0.852 bits per heavy atom. The molecule has 0 heterocycles. The average Bonchev–Trinajstić information content (AvgIpc) is 2.64. The van der Waals surface area contributed by atoms with Gasteiger partial charge in [-0.1, -0.05) is 83.9 Å². The van der Waals surface area contributed by atoms with E-state index >= 15 is 0 Å². The fourth-order valence-electron chi connectivity index (χ4n) is 2.95. The molecule has 0 radical (unpaired) electrons. The van der Waals surface area contributed by atoms with Crippen molar-refractivity contribution in [2.45, 2.75) is 18.7 Å². The zero-order valence-corrected chi connectivity index (χ0v) is 17.0. The summed E-state index contributed by atoms with van der Waals surface area (Å²) in [7, 11) is -3.71. The SMILES string of the molecule is Cc1ccccc1[C@H](NS(=O)(=O)Cc1c(Cl)cccc1Cl)c1ccccc1. The Morgan fingerprint density at radius 3 is 2.07 bits per heavy atom. The van der Waals surface area contributed by atoms with Gasteiger partial charge in [-0.05, 0) is 35.7 Å². The molecule has 0 aliphatic rings. The van der Waals surface area contributed by atoms with Crippen LogP contribution in [0.3, 0.4) is 0 Å². The molecular weight excluding hydrogens is 401 g/mol.